The number of aliphatic imine (C=N–C) groups is 1. The predicted molar refractivity (Wildman–Crippen MR) is 112 cm³/mol. The molecule has 0 unspecified atom stereocenters. The first-order chi connectivity index (χ1) is 12.6. The van der Waals surface area contributed by atoms with Crippen LogP contribution in [0.4, 0.5) is 0 Å². The number of nitrogens with one attached hydrogen (secondary N) is 1. The minimum Gasteiger partial charge on any atom is -0.497 e. The first-order valence-electron chi connectivity index (χ1n) is 9.84. The molecule has 5 nitrogen and oxygen atoms in total. The summed E-state index contributed by atoms with van der Waals surface area (Å²) in [6.07, 6.45) is 6.34. The lowest BCUT2D eigenvalue weighted by atomic mass is 10.1. The van der Waals surface area contributed by atoms with Crippen LogP contribution in [0.5, 0.6) is 5.75 Å². The van der Waals surface area contributed by atoms with Crippen molar-refractivity contribution < 1.29 is 4.74 Å². The van der Waals surface area contributed by atoms with E-state index in [-0.39, 0.29) is 0 Å². The first-order valence-corrected chi connectivity index (χ1v) is 9.84. The van der Waals surface area contributed by atoms with Gasteiger partial charge in [0, 0.05) is 26.7 Å². The van der Waals surface area contributed by atoms with Gasteiger partial charge in [-0.1, -0.05) is 31.4 Å². The van der Waals surface area contributed by atoms with Crippen molar-refractivity contribution in [1.29, 1.82) is 0 Å². The molecular formula is C21H38N4O. The molecule has 0 fully saturated rings. The molecule has 0 radical (unpaired) electrons. The van der Waals surface area contributed by atoms with E-state index in [0.717, 1.165) is 37.8 Å². The number of nitrogens with zero attached hydrogens (tertiary/aromatic N) is 3. The molecule has 0 heterocycles. The Morgan fingerprint density at radius 2 is 1.65 bits per heavy atom. The summed E-state index contributed by atoms with van der Waals surface area (Å²) in [6, 6.07) is 8.21. The van der Waals surface area contributed by atoms with Gasteiger partial charge in [0.25, 0.3) is 0 Å². The molecule has 148 valence electrons. The Labute approximate surface area is 160 Å². The fourth-order valence-corrected chi connectivity index (χ4v) is 2.80. The molecule has 5 heteroatoms. The van der Waals surface area contributed by atoms with Crippen LogP contribution in [0, 0.1) is 0 Å². The maximum atomic E-state index is 5.22. The summed E-state index contributed by atoms with van der Waals surface area (Å²) in [5, 5.41) is 3.39. The minimum atomic E-state index is 0.834. The second-order valence-electron chi connectivity index (χ2n) is 7.01. The number of rotatable bonds is 12. The minimum absolute atomic E-state index is 0.834. The third-order valence-electron chi connectivity index (χ3n) is 4.30. The topological polar surface area (TPSA) is 40.1 Å². The highest BCUT2D eigenvalue weighted by Gasteiger charge is 2.06. The lowest BCUT2D eigenvalue weighted by molar-refractivity contribution is 0.390. The van der Waals surface area contributed by atoms with Gasteiger partial charge in [0.15, 0.2) is 5.96 Å². The summed E-state index contributed by atoms with van der Waals surface area (Å²) in [5.41, 5.74) is 1.25. The molecule has 0 amide bonds. The van der Waals surface area contributed by atoms with Gasteiger partial charge in [-0.15, -0.1) is 0 Å². The predicted octanol–water partition coefficient (Wildman–Crippen LogP) is 3.60. The largest absolute Gasteiger partial charge is 0.497 e. The summed E-state index contributed by atoms with van der Waals surface area (Å²) in [5.74, 6) is 1.87. The standard InChI is InChI=1S/C21H38N4O/c1-6-22-21(23-16-10-8-7-9-11-17-24(2)3)25(4)18-19-12-14-20(26-5)15-13-19/h12-15H,6-11,16-18H2,1-5H3,(H,22,23). The Morgan fingerprint density at radius 1 is 1.00 bits per heavy atom. The highest BCUT2D eigenvalue weighted by molar-refractivity contribution is 5.79. The molecule has 0 bridgehead atoms. The number of hydrogen-bond acceptors (Lipinski definition) is 3. The van der Waals surface area contributed by atoms with Crippen molar-refractivity contribution in [1.82, 2.24) is 15.1 Å². The molecule has 1 N–H and O–H groups in total. The number of methoxy groups -OCH3 is 1. The quantitative estimate of drug-likeness (QED) is 0.350. The molecule has 1 aromatic rings. The maximum absolute atomic E-state index is 5.22. The SMILES string of the molecule is CCNC(=NCCCCCCCN(C)C)N(C)Cc1ccc(OC)cc1. The molecule has 0 aromatic heterocycles. The number of benzene rings is 1. The smallest absolute Gasteiger partial charge is 0.193 e. The van der Waals surface area contributed by atoms with Crippen LogP contribution in [0.1, 0.15) is 44.6 Å². The fraction of sp³-hybridized carbons (Fsp3) is 0.667. The Hall–Kier alpha value is -1.75. The fourth-order valence-electron chi connectivity index (χ4n) is 2.80. The van der Waals surface area contributed by atoms with Crippen molar-refractivity contribution in [3.05, 3.63) is 29.8 Å². The van der Waals surface area contributed by atoms with Crippen molar-refractivity contribution in [2.45, 2.75) is 45.6 Å². The molecule has 0 saturated heterocycles. The van der Waals surface area contributed by atoms with E-state index in [1.807, 2.05) is 12.1 Å². The molecule has 0 saturated carbocycles. The summed E-state index contributed by atoms with van der Waals surface area (Å²) in [4.78, 5) is 9.23. The zero-order chi connectivity index (χ0) is 19.2. The van der Waals surface area contributed by atoms with E-state index in [0.29, 0.717) is 0 Å². The van der Waals surface area contributed by atoms with Crippen LogP contribution in [0.3, 0.4) is 0 Å². The summed E-state index contributed by atoms with van der Waals surface area (Å²) in [6.45, 7) is 5.92. The molecule has 0 spiro atoms. The Kier molecular flexibility index (Phi) is 11.5. The van der Waals surface area contributed by atoms with E-state index in [1.54, 1.807) is 7.11 Å². The van der Waals surface area contributed by atoms with E-state index in [2.05, 4.69) is 55.3 Å². The molecule has 1 rings (SSSR count). The number of guanidine groups is 1. The van der Waals surface area contributed by atoms with E-state index < -0.39 is 0 Å². The summed E-state index contributed by atoms with van der Waals surface area (Å²) in [7, 11) is 8.06. The van der Waals surface area contributed by atoms with Crippen LogP contribution < -0.4 is 10.1 Å². The van der Waals surface area contributed by atoms with Crippen LogP contribution in [-0.4, -0.2) is 63.6 Å². The molecule has 0 aliphatic heterocycles. The van der Waals surface area contributed by atoms with Crippen molar-refractivity contribution in [2.75, 3.05) is 47.9 Å². The van der Waals surface area contributed by atoms with Gasteiger partial charge in [-0.05, 0) is 58.1 Å². The Bertz CT molecular complexity index is 499. The summed E-state index contributed by atoms with van der Waals surface area (Å²) < 4.78 is 5.22. The lowest BCUT2D eigenvalue weighted by Crippen LogP contribution is -2.38. The zero-order valence-electron chi connectivity index (χ0n) is 17.4. The van der Waals surface area contributed by atoms with Crippen LogP contribution in [0.25, 0.3) is 0 Å². The highest BCUT2D eigenvalue weighted by Crippen LogP contribution is 2.12. The van der Waals surface area contributed by atoms with E-state index in [4.69, 9.17) is 9.73 Å². The van der Waals surface area contributed by atoms with E-state index in [9.17, 15) is 0 Å². The Morgan fingerprint density at radius 3 is 2.27 bits per heavy atom. The van der Waals surface area contributed by atoms with Crippen LogP contribution >= 0.6 is 0 Å². The van der Waals surface area contributed by atoms with Gasteiger partial charge in [0.2, 0.25) is 0 Å². The second kappa shape index (κ2) is 13.5. The normalized spacial score (nSPS) is 11.7. The van der Waals surface area contributed by atoms with E-state index in [1.165, 1.54) is 37.8 Å². The molecule has 1 aromatic carbocycles. The van der Waals surface area contributed by atoms with E-state index >= 15 is 0 Å². The zero-order valence-corrected chi connectivity index (χ0v) is 17.4. The average Bonchev–Trinajstić information content (AvgIpc) is 2.63. The maximum Gasteiger partial charge on any atom is 0.193 e. The third-order valence-corrected chi connectivity index (χ3v) is 4.30. The van der Waals surface area contributed by atoms with Crippen LogP contribution in [0.15, 0.2) is 29.3 Å². The van der Waals surface area contributed by atoms with Crippen molar-refractivity contribution >= 4 is 5.96 Å². The molecule has 26 heavy (non-hydrogen) atoms. The first kappa shape index (κ1) is 22.3. The number of unbranched alkanes of at least 4 members (excludes halogenated alkanes) is 4. The number of hydrogen-bond donors (Lipinski definition) is 1. The van der Waals surface area contributed by atoms with Gasteiger partial charge in [0.1, 0.15) is 5.75 Å². The molecule has 0 aliphatic rings. The summed E-state index contributed by atoms with van der Waals surface area (Å²) >= 11 is 0. The van der Waals surface area contributed by atoms with Crippen LogP contribution in [-0.2, 0) is 6.54 Å². The van der Waals surface area contributed by atoms with Crippen molar-refractivity contribution in [3.63, 3.8) is 0 Å². The molecular weight excluding hydrogens is 324 g/mol. The van der Waals surface area contributed by atoms with Crippen molar-refractivity contribution in [3.8, 4) is 5.75 Å². The van der Waals surface area contributed by atoms with Gasteiger partial charge < -0.3 is 19.9 Å². The average molecular weight is 363 g/mol. The second-order valence-corrected chi connectivity index (χ2v) is 7.01. The van der Waals surface area contributed by atoms with Crippen LogP contribution in [0.2, 0.25) is 0 Å². The van der Waals surface area contributed by atoms with Crippen molar-refractivity contribution in [2.24, 2.45) is 4.99 Å². The highest BCUT2D eigenvalue weighted by atomic mass is 16.5. The monoisotopic (exact) mass is 362 g/mol. The van der Waals surface area contributed by atoms with Gasteiger partial charge in [-0.3, -0.25) is 4.99 Å². The van der Waals surface area contributed by atoms with Gasteiger partial charge in [0.05, 0.1) is 7.11 Å². The van der Waals surface area contributed by atoms with Gasteiger partial charge in [-0.2, -0.15) is 0 Å². The molecule has 0 atom stereocenters. The third kappa shape index (κ3) is 9.66. The molecule has 0 aliphatic carbocycles. The number of ether oxygens (including phenoxy) is 1. The van der Waals surface area contributed by atoms with Gasteiger partial charge >= 0.3 is 0 Å². The lowest BCUT2D eigenvalue weighted by Gasteiger charge is -2.22. The van der Waals surface area contributed by atoms with Gasteiger partial charge in [-0.25, -0.2) is 0 Å². The Balaban J connectivity index is 2.36.